The summed E-state index contributed by atoms with van der Waals surface area (Å²) >= 11 is 5.96. The van der Waals surface area contributed by atoms with Gasteiger partial charge in [-0.25, -0.2) is 0 Å². The van der Waals surface area contributed by atoms with Gasteiger partial charge in [0, 0.05) is 10.6 Å². The number of carboxylic acids is 1. The zero-order chi connectivity index (χ0) is 12.3. The smallest absolute Gasteiger partial charge is 0.309 e. The van der Waals surface area contributed by atoms with Gasteiger partial charge >= 0.3 is 5.97 Å². The van der Waals surface area contributed by atoms with E-state index in [1.165, 1.54) is 6.92 Å². The van der Waals surface area contributed by atoms with E-state index in [-0.39, 0.29) is 0 Å². The fourth-order valence-electron chi connectivity index (χ4n) is 1.87. The molecule has 4 heteroatoms. The summed E-state index contributed by atoms with van der Waals surface area (Å²) in [5, 5.41) is 19.8. The molecule has 0 aromatic heterocycles. The SMILES string of the molecule is CCC(C(=O)O)C(C)(O)c1ccccc1Cl. The van der Waals surface area contributed by atoms with E-state index in [0.717, 1.165) is 0 Å². The van der Waals surface area contributed by atoms with Crippen LogP contribution >= 0.6 is 11.6 Å². The maximum atomic E-state index is 11.1. The molecule has 0 bridgehead atoms. The Morgan fingerprint density at radius 1 is 1.50 bits per heavy atom. The van der Waals surface area contributed by atoms with Crippen molar-refractivity contribution in [2.75, 3.05) is 0 Å². The molecule has 0 aliphatic heterocycles. The minimum absolute atomic E-state index is 0.341. The lowest BCUT2D eigenvalue weighted by Crippen LogP contribution is -2.37. The molecular formula is C12H15ClO3. The number of hydrogen-bond donors (Lipinski definition) is 2. The lowest BCUT2D eigenvalue weighted by Gasteiger charge is -2.30. The first-order chi connectivity index (χ1) is 7.41. The van der Waals surface area contributed by atoms with Gasteiger partial charge in [0.25, 0.3) is 0 Å². The zero-order valence-corrected chi connectivity index (χ0v) is 10.0. The van der Waals surface area contributed by atoms with E-state index in [1.54, 1.807) is 31.2 Å². The molecule has 0 saturated heterocycles. The standard InChI is InChI=1S/C12H15ClO3/c1-3-8(11(14)15)12(2,16)9-6-4-5-7-10(9)13/h4-8,16H,3H2,1-2H3,(H,14,15). The molecular weight excluding hydrogens is 228 g/mol. The Kier molecular flexibility index (Phi) is 3.94. The Morgan fingerprint density at radius 3 is 2.50 bits per heavy atom. The summed E-state index contributed by atoms with van der Waals surface area (Å²) < 4.78 is 0. The summed E-state index contributed by atoms with van der Waals surface area (Å²) in [6, 6.07) is 6.75. The molecule has 88 valence electrons. The Balaban J connectivity index is 3.19. The lowest BCUT2D eigenvalue weighted by molar-refractivity contribution is -0.152. The Morgan fingerprint density at radius 2 is 2.06 bits per heavy atom. The number of halogens is 1. The maximum Gasteiger partial charge on any atom is 0.309 e. The molecule has 2 N–H and O–H groups in total. The van der Waals surface area contributed by atoms with Crippen molar-refractivity contribution in [1.29, 1.82) is 0 Å². The van der Waals surface area contributed by atoms with Crippen LogP contribution in [0.5, 0.6) is 0 Å². The molecule has 0 saturated carbocycles. The van der Waals surface area contributed by atoms with Crippen LogP contribution in [0.1, 0.15) is 25.8 Å². The fraction of sp³-hybridized carbons (Fsp3) is 0.417. The van der Waals surface area contributed by atoms with Gasteiger partial charge < -0.3 is 10.2 Å². The van der Waals surface area contributed by atoms with Crippen LogP contribution in [0.15, 0.2) is 24.3 Å². The number of benzene rings is 1. The van der Waals surface area contributed by atoms with Crippen molar-refractivity contribution >= 4 is 17.6 Å². The summed E-state index contributed by atoms with van der Waals surface area (Å²) in [5.74, 6) is -1.89. The second-order valence-electron chi connectivity index (χ2n) is 3.93. The van der Waals surface area contributed by atoms with Crippen LogP contribution < -0.4 is 0 Å². The second kappa shape index (κ2) is 4.85. The predicted octanol–water partition coefficient (Wildman–Crippen LogP) is 2.66. The quantitative estimate of drug-likeness (QED) is 0.854. The monoisotopic (exact) mass is 242 g/mol. The van der Waals surface area contributed by atoms with Gasteiger partial charge in [0.2, 0.25) is 0 Å². The zero-order valence-electron chi connectivity index (χ0n) is 9.27. The van der Waals surface area contributed by atoms with Gasteiger partial charge in [-0.15, -0.1) is 0 Å². The highest BCUT2D eigenvalue weighted by Gasteiger charge is 2.38. The number of hydrogen-bond acceptors (Lipinski definition) is 2. The van der Waals surface area contributed by atoms with E-state index in [9.17, 15) is 9.90 Å². The minimum Gasteiger partial charge on any atom is -0.481 e. The lowest BCUT2D eigenvalue weighted by atomic mass is 9.81. The molecule has 0 aliphatic carbocycles. The van der Waals surface area contributed by atoms with Gasteiger partial charge in [-0.05, 0) is 19.4 Å². The summed E-state index contributed by atoms with van der Waals surface area (Å²) in [7, 11) is 0. The molecule has 3 nitrogen and oxygen atoms in total. The molecule has 0 spiro atoms. The minimum atomic E-state index is -1.46. The van der Waals surface area contributed by atoms with Crippen LogP contribution in [-0.2, 0) is 10.4 Å². The van der Waals surface area contributed by atoms with Gasteiger partial charge in [-0.1, -0.05) is 36.7 Å². The predicted molar refractivity (Wildman–Crippen MR) is 62.4 cm³/mol. The molecule has 0 fully saturated rings. The molecule has 0 heterocycles. The van der Waals surface area contributed by atoms with E-state index in [0.29, 0.717) is 17.0 Å². The Hall–Kier alpha value is -1.06. The Bertz CT molecular complexity index is 388. The second-order valence-corrected chi connectivity index (χ2v) is 4.33. The molecule has 16 heavy (non-hydrogen) atoms. The highest BCUT2D eigenvalue weighted by Crippen LogP contribution is 2.35. The van der Waals surface area contributed by atoms with Crippen LogP contribution in [0.4, 0.5) is 0 Å². The van der Waals surface area contributed by atoms with Crippen molar-refractivity contribution in [2.24, 2.45) is 5.92 Å². The summed E-state index contributed by atoms with van der Waals surface area (Å²) in [4.78, 5) is 11.1. The number of carbonyl (C=O) groups is 1. The molecule has 0 radical (unpaired) electrons. The average Bonchev–Trinajstić information content (AvgIpc) is 2.17. The van der Waals surface area contributed by atoms with Crippen molar-refractivity contribution in [3.05, 3.63) is 34.9 Å². The van der Waals surface area contributed by atoms with E-state index in [1.807, 2.05) is 0 Å². The van der Waals surface area contributed by atoms with Crippen LogP contribution in [0.25, 0.3) is 0 Å². The van der Waals surface area contributed by atoms with Gasteiger partial charge in [0.15, 0.2) is 0 Å². The molecule has 0 aliphatic rings. The van der Waals surface area contributed by atoms with E-state index in [2.05, 4.69) is 0 Å². The van der Waals surface area contributed by atoms with Crippen LogP contribution in [0.3, 0.4) is 0 Å². The molecule has 1 aromatic rings. The van der Waals surface area contributed by atoms with Crippen molar-refractivity contribution < 1.29 is 15.0 Å². The first-order valence-electron chi connectivity index (χ1n) is 5.11. The van der Waals surface area contributed by atoms with Crippen LogP contribution in [0.2, 0.25) is 5.02 Å². The third-order valence-corrected chi connectivity index (χ3v) is 3.13. The number of aliphatic carboxylic acids is 1. The molecule has 1 aromatic carbocycles. The largest absolute Gasteiger partial charge is 0.481 e. The molecule has 2 unspecified atom stereocenters. The number of aliphatic hydroxyl groups is 1. The number of carboxylic acid groups (broad SMARTS) is 1. The molecule has 2 atom stereocenters. The molecule has 0 amide bonds. The fourth-order valence-corrected chi connectivity index (χ4v) is 2.20. The van der Waals surface area contributed by atoms with Gasteiger partial charge in [0.05, 0.1) is 5.92 Å². The normalized spacial score (nSPS) is 16.5. The van der Waals surface area contributed by atoms with Crippen molar-refractivity contribution in [2.45, 2.75) is 25.9 Å². The van der Waals surface area contributed by atoms with E-state index in [4.69, 9.17) is 16.7 Å². The van der Waals surface area contributed by atoms with Crippen LogP contribution in [-0.4, -0.2) is 16.2 Å². The summed E-state index contributed by atoms with van der Waals surface area (Å²) in [5.41, 5.74) is -1.01. The highest BCUT2D eigenvalue weighted by atomic mass is 35.5. The van der Waals surface area contributed by atoms with Gasteiger partial charge in [-0.3, -0.25) is 4.79 Å². The maximum absolute atomic E-state index is 11.1. The first-order valence-corrected chi connectivity index (χ1v) is 5.49. The van der Waals surface area contributed by atoms with Gasteiger partial charge in [-0.2, -0.15) is 0 Å². The third-order valence-electron chi connectivity index (χ3n) is 2.80. The van der Waals surface area contributed by atoms with Crippen molar-refractivity contribution in [3.8, 4) is 0 Å². The van der Waals surface area contributed by atoms with E-state index < -0.39 is 17.5 Å². The first kappa shape index (κ1) is 13.0. The average molecular weight is 243 g/mol. The highest BCUT2D eigenvalue weighted by molar-refractivity contribution is 6.31. The Labute approximate surface area is 99.7 Å². The summed E-state index contributed by atoms with van der Waals surface area (Å²) in [6.45, 7) is 3.21. The topological polar surface area (TPSA) is 57.5 Å². The van der Waals surface area contributed by atoms with Crippen molar-refractivity contribution in [3.63, 3.8) is 0 Å². The van der Waals surface area contributed by atoms with Crippen LogP contribution in [0, 0.1) is 5.92 Å². The third kappa shape index (κ3) is 2.36. The molecule has 1 rings (SSSR count). The van der Waals surface area contributed by atoms with Crippen molar-refractivity contribution in [1.82, 2.24) is 0 Å². The van der Waals surface area contributed by atoms with E-state index >= 15 is 0 Å². The summed E-state index contributed by atoms with van der Waals surface area (Å²) in [6.07, 6.45) is 0.341. The number of rotatable bonds is 4. The van der Waals surface area contributed by atoms with Gasteiger partial charge in [0.1, 0.15) is 5.60 Å².